The number of hydrogen-bond acceptors (Lipinski definition) is 2. The highest BCUT2D eigenvalue weighted by Gasteiger charge is 2.45. The van der Waals surface area contributed by atoms with Crippen molar-refractivity contribution in [2.24, 2.45) is 0 Å². The van der Waals surface area contributed by atoms with Crippen LogP contribution in [-0.2, 0) is 6.54 Å². The first-order chi connectivity index (χ1) is 13.8. The second-order valence-corrected chi connectivity index (χ2v) is 7.05. The van der Waals surface area contributed by atoms with E-state index in [1.54, 1.807) is 0 Å². The summed E-state index contributed by atoms with van der Waals surface area (Å²) in [5, 5.41) is 0. The summed E-state index contributed by atoms with van der Waals surface area (Å²) in [6.07, 6.45) is 0. The predicted octanol–water partition coefficient (Wildman–Crippen LogP) is 6.55. The largest absolute Gasteiger partial charge is 0.443 e. The maximum absolute atomic E-state index is 6.36. The molecule has 0 saturated heterocycles. The second-order valence-electron chi connectivity index (χ2n) is 7.05. The molecule has 1 aliphatic heterocycles. The molecule has 3 heteroatoms. The minimum Gasteiger partial charge on any atom is -0.443 e. The summed E-state index contributed by atoms with van der Waals surface area (Å²) in [5.41, 5.74) is 11.6. The Morgan fingerprint density at radius 3 is 2.07 bits per heavy atom. The molecule has 0 saturated carbocycles. The predicted molar refractivity (Wildman–Crippen MR) is 115 cm³/mol. The summed E-state index contributed by atoms with van der Waals surface area (Å²) in [6, 6.07) is 35.4. The molecule has 0 bridgehead atoms. The Bertz CT molecular complexity index is 1130. The zero-order valence-electron chi connectivity index (χ0n) is 15.5. The molecule has 1 atom stereocenters. The highest BCUT2D eigenvalue weighted by Crippen LogP contribution is 2.58. The maximum Gasteiger partial charge on any atom is 0.212 e. The fourth-order valence-corrected chi connectivity index (χ4v) is 4.13. The molecule has 5 rings (SSSR count). The van der Waals surface area contributed by atoms with Crippen LogP contribution in [0.2, 0.25) is 0 Å². The number of quaternary nitrogens is 1. The number of nitrogens with two attached hydrogens (primary N) is 1. The highest BCUT2D eigenvalue weighted by molar-refractivity contribution is 5.85. The van der Waals surface area contributed by atoms with Gasteiger partial charge in [-0.25, -0.2) is 4.48 Å². The lowest BCUT2D eigenvalue weighted by Crippen LogP contribution is -2.40. The SMILES string of the molecule is Nc1cccc2c1Oc1ccccc1[N+]2(Cc1ccccc1)c1ccccc1. The van der Waals surface area contributed by atoms with E-state index in [9.17, 15) is 0 Å². The molecular weight excluding hydrogens is 344 g/mol. The van der Waals surface area contributed by atoms with Crippen LogP contribution < -0.4 is 15.0 Å². The van der Waals surface area contributed by atoms with E-state index in [1.807, 2.05) is 24.3 Å². The average molecular weight is 365 g/mol. The molecule has 3 nitrogen and oxygen atoms in total. The number of rotatable bonds is 3. The minimum absolute atomic E-state index is 0.529. The van der Waals surface area contributed by atoms with Crippen LogP contribution in [0.5, 0.6) is 11.5 Å². The molecule has 1 aliphatic rings. The van der Waals surface area contributed by atoms with Crippen LogP contribution in [0.1, 0.15) is 5.56 Å². The number of nitrogen functional groups attached to an aromatic ring is 1. The van der Waals surface area contributed by atoms with Gasteiger partial charge in [0.2, 0.25) is 5.75 Å². The van der Waals surface area contributed by atoms with Crippen molar-refractivity contribution in [2.45, 2.75) is 6.54 Å². The van der Waals surface area contributed by atoms with E-state index < -0.39 is 0 Å². The third-order valence-corrected chi connectivity index (χ3v) is 5.38. The first-order valence-electron chi connectivity index (χ1n) is 9.43. The fourth-order valence-electron chi connectivity index (χ4n) is 4.13. The van der Waals surface area contributed by atoms with Crippen LogP contribution in [-0.4, -0.2) is 0 Å². The second kappa shape index (κ2) is 6.55. The normalized spacial score (nSPS) is 17.3. The van der Waals surface area contributed by atoms with Crippen LogP contribution in [0.4, 0.5) is 22.7 Å². The number of para-hydroxylation sites is 4. The Balaban J connectivity index is 1.87. The molecule has 0 radical (unpaired) electrons. The van der Waals surface area contributed by atoms with Crippen LogP contribution in [0.15, 0.2) is 103 Å². The number of benzene rings is 4. The molecular formula is C25H21N2O+. The molecule has 4 aromatic rings. The average Bonchev–Trinajstić information content (AvgIpc) is 2.76. The van der Waals surface area contributed by atoms with Gasteiger partial charge in [-0.15, -0.1) is 0 Å². The van der Waals surface area contributed by atoms with Crippen molar-refractivity contribution in [1.82, 2.24) is 4.48 Å². The van der Waals surface area contributed by atoms with Gasteiger partial charge in [0.25, 0.3) is 0 Å². The zero-order chi connectivity index (χ0) is 19.0. The van der Waals surface area contributed by atoms with E-state index in [1.165, 1.54) is 11.3 Å². The van der Waals surface area contributed by atoms with Crippen molar-refractivity contribution in [3.63, 3.8) is 0 Å². The van der Waals surface area contributed by atoms with E-state index in [4.69, 9.17) is 10.5 Å². The van der Waals surface area contributed by atoms with E-state index in [2.05, 4.69) is 78.9 Å². The summed E-state index contributed by atoms with van der Waals surface area (Å²) in [5.74, 6) is 1.58. The highest BCUT2D eigenvalue weighted by atomic mass is 16.5. The van der Waals surface area contributed by atoms with Gasteiger partial charge in [0, 0.05) is 17.7 Å². The summed E-state index contributed by atoms with van der Waals surface area (Å²) >= 11 is 0. The van der Waals surface area contributed by atoms with E-state index in [0.717, 1.165) is 29.4 Å². The van der Waals surface area contributed by atoms with Crippen LogP contribution in [0, 0.1) is 0 Å². The lowest BCUT2D eigenvalue weighted by Gasteiger charge is -2.41. The van der Waals surface area contributed by atoms with E-state index in [0.29, 0.717) is 10.2 Å². The smallest absolute Gasteiger partial charge is 0.212 e. The molecule has 1 heterocycles. The molecule has 0 aliphatic carbocycles. The summed E-state index contributed by atoms with van der Waals surface area (Å²) in [6.45, 7) is 0.766. The van der Waals surface area contributed by atoms with Gasteiger partial charge >= 0.3 is 0 Å². The van der Waals surface area contributed by atoms with Crippen LogP contribution in [0.25, 0.3) is 0 Å². The number of hydrogen-bond donors (Lipinski definition) is 1. The lowest BCUT2D eigenvalue weighted by molar-refractivity contribution is 0.401. The lowest BCUT2D eigenvalue weighted by atomic mass is 10.0. The van der Waals surface area contributed by atoms with E-state index >= 15 is 0 Å². The van der Waals surface area contributed by atoms with Crippen LogP contribution in [0.3, 0.4) is 0 Å². The van der Waals surface area contributed by atoms with Crippen molar-refractivity contribution in [1.29, 1.82) is 0 Å². The van der Waals surface area contributed by atoms with Gasteiger partial charge in [0.15, 0.2) is 17.1 Å². The van der Waals surface area contributed by atoms with Crippen molar-refractivity contribution < 1.29 is 4.74 Å². The van der Waals surface area contributed by atoms with E-state index in [-0.39, 0.29) is 0 Å². The number of anilines is 1. The third-order valence-electron chi connectivity index (χ3n) is 5.38. The summed E-state index contributed by atoms with van der Waals surface area (Å²) < 4.78 is 6.81. The monoisotopic (exact) mass is 365 g/mol. The molecule has 0 aromatic heterocycles. The van der Waals surface area contributed by atoms with Gasteiger partial charge in [-0.05, 0) is 24.3 Å². The molecule has 0 amide bonds. The van der Waals surface area contributed by atoms with Gasteiger partial charge in [0.05, 0.1) is 5.69 Å². The number of fused-ring (bicyclic) bond motifs is 2. The van der Waals surface area contributed by atoms with Crippen molar-refractivity contribution in [3.8, 4) is 11.5 Å². The fraction of sp³-hybridized carbons (Fsp3) is 0.0400. The first-order valence-corrected chi connectivity index (χ1v) is 9.43. The summed E-state index contributed by atoms with van der Waals surface area (Å²) in [4.78, 5) is 0. The molecule has 1 unspecified atom stereocenters. The first kappa shape index (κ1) is 16.6. The van der Waals surface area contributed by atoms with Crippen molar-refractivity contribution in [3.05, 3.63) is 109 Å². The quantitative estimate of drug-likeness (QED) is 0.330. The molecule has 4 aromatic carbocycles. The Kier molecular flexibility index (Phi) is 3.89. The molecule has 28 heavy (non-hydrogen) atoms. The van der Waals surface area contributed by atoms with Gasteiger partial charge in [-0.1, -0.05) is 66.7 Å². The number of nitrogens with zero attached hydrogens (tertiary/aromatic N) is 1. The standard InChI is InChI=1S/C25H21N2O/c26-21-14-9-16-23-25(21)28-24-17-8-7-15-22(24)27(23,20-12-5-2-6-13-20)18-19-10-3-1-4-11-19/h1-17H,18,26H2/q+1. The maximum atomic E-state index is 6.36. The Labute approximate surface area is 164 Å². The Morgan fingerprint density at radius 2 is 1.29 bits per heavy atom. The summed E-state index contributed by atoms with van der Waals surface area (Å²) in [7, 11) is 0. The Morgan fingerprint density at radius 1 is 0.643 bits per heavy atom. The molecule has 2 N–H and O–H groups in total. The van der Waals surface area contributed by atoms with Gasteiger partial charge in [-0.3, -0.25) is 0 Å². The number of ether oxygens (including phenoxy) is 1. The molecule has 0 spiro atoms. The Hall–Kier alpha value is -3.56. The topological polar surface area (TPSA) is 35.2 Å². The molecule has 136 valence electrons. The zero-order valence-corrected chi connectivity index (χ0v) is 15.5. The van der Waals surface area contributed by atoms with Gasteiger partial charge in [-0.2, -0.15) is 0 Å². The van der Waals surface area contributed by atoms with Gasteiger partial charge in [0.1, 0.15) is 12.2 Å². The van der Waals surface area contributed by atoms with Crippen molar-refractivity contribution >= 4 is 22.7 Å². The third kappa shape index (κ3) is 2.48. The van der Waals surface area contributed by atoms with Gasteiger partial charge < -0.3 is 10.5 Å². The van der Waals surface area contributed by atoms with Crippen LogP contribution >= 0.6 is 0 Å². The minimum atomic E-state index is 0.529. The van der Waals surface area contributed by atoms with Crippen molar-refractivity contribution in [2.75, 3.05) is 5.73 Å². The molecule has 0 fully saturated rings.